The Morgan fingerprint density at radius 1 is 1.06 bits per heavy atom. The number of pyridine rings is 1. The van der Waals surface area contributed by atoms with Gasteiger partial charge in [-0.05, 0) is 32.0 Å². The largest absolute Gasteiger partial charge is 0.484 e. The molecule has 9 nitrogen and oxygen atoms in total. The first-order chi connectivity index (χ1) is 17.0. The van der Waals surface area contributed by atoms with E-state index in [2.05, 4.69) is 25.1 Å². The highest BCUT2D eigenvalue weighted by atomic mass is 35.5. The number of hydroxylamine groups is 1. The van der Waals surface area contributed by atoms with Crippen molar-refractivity contribution in [1.29, 1.82) is 0 Å². The fraction of sp³-hybridized carbons (Fsp3) is 0.227. The standard InChI is InChI=1S/C22H18ClF4N5O4/c1-10(31-22(34)32-36-21(33)13-7-28-11(2)29-8-13)19-16(24)3-12(6-30-19)15-4-14(23)5-17(25)20(15)35-9-18(26)27/h3-8,10,18H,9H2,1-2H3,(H2,31,32,34). The van der Waals surface area contributed by atoms with E-state index in [1.165, 1.54) is 25.4 Å². The Balaban J connectivity index is 1.70. The lowest BCUT2D eigenvalue weighted by molar-refractivity contribution is 0.0322. The number of urea groups is 1. The van der Waals surface area contributed by atoms with E-state index in [4.69, 9.17) is 16.3 Å². The summed E-state index contributed by atoms with van der Waals surface area (Å²) in [7, 11) is 0. The van der Waals surface area contributed by atoms with E-state index in [0.717, 1.165) is 18.3 Å². The van der Waals surface area contributed by atoms with Crippen molar-refractivity contribution in [2.24, 2.45) is 0 Å². The van der Waals surface area contributed by atoms with Crippen molar-refractivity contribution < 1.29 is 36.7 Å². The van der Waals surface area contributed by atoms with Crippen molar-refractivity contribution in [2.45, 2.75) is 26.3 Å². The zero-order chi connectivity index (χ0) is 26.4. The molecule has 2 amide bonds. The SMILES string of the molecule is Cc1ncc(C(=O)ONC(=O)NC(C)c2ncc(-c3cc(Cl)cc(F)c3OCC(F)F)cc2F)cn1. The van der Waals surface area contributed by atoms with Gasteiger partial charge in [0.2, 0.25) is 0 Å². The van der Waals surface area contributed by atoms with Crippen LogP contribution in [0.1, 0.15) is 34.8 Å². The van der Waals surface area contributed by atoms with Crippen LogP contribution in [-0.2, 0) is 4.84 Å². The number of ether oxygens (including phenoxy) is 1. The Bertz CT molecular complexity index is 1260. The predicted molar refractivity (Wildman–Crippen MR) is 118 cm³/mol. The van der Waals surface area contributed by atoms with Crippen LogP contribution >= 0.6 is 11.6 Å². The van der Waals surface area contributed by atoms with Crippen LogP contribution in [0.3, 0.4) is 0 Å². The second-order valence-electron chi connectivity index (χ2n) is 7.26. The molecule has 0 saturated carbocycles. The first-order valence-corrected chi connectivity index (χ1v) is 10.5. The molecule has 1 unspecified atom stereocenters. The molecule has 0 spiro atoms. The van der Waals surface area contributed by atoms with Crippen LogP contribution in [0.15, 0.2) is 36.8 Å². The maximum Gasteiger partial charge on any atom is 0.366 e. The lowest BCUT2D eigenvalue weighted by Gasteiger charge is -2.16. The molecular formula is C22H18ClF4N5O4. The molecule has 2 heterocycles. The molecule has 0 aliphatic rings. The van der Waals surface area contributed by atoms with Gasteiger partial charge in [-0.1, -0.05) is 11.6 Å². The smallest absolute Gasteiger partial charge is 0.366 e. The van der Waals surface area contributed by atoms with Crippen molar-refractivity contribution >= 4 is 23.6 Å². The van der Waals surface area contributed by atoms with Crippen LogP contribution in [-0.4, -0.2) is 40.0 Å². The Hall–Kier alpha value is -4.00. The third kappa shape index (κ3) is 6.78. The normalized spacial score (nSPS) is 11.7. The highest BCUT2D eigenvalue weighted by Crippen LogP contribution is 2.36. The first-order valence-electron chi connectivity index (χ1n) is 10.2. The maximum absolute atomic E-state index is 14.8. The number of carbonyl (C=O) groups excluding carboxylic acids is 2. The summed E-state index contributed by atoms with van der Waals surface area (Å²) in [5, 5.41) is 2.25. The average Bonchev–Trinajstić information content (AvgIpc) is 2.81. The highest BCUT2D eigenvalue weighted by Gasteiger charge is 2.21. The van der Waals surface area contributed by atoms with Gasteiger partial charge in [-0.25, -0.2) is 37.1 Å². The van der Waals surface area contributed by atoms with Gasteiger partial charge in [0.15, 0.2) is 11.6 Å². The second-order valence-corrected chi connectivity index (χ2v) is 7.70. The number of benzene rings is 1. The summed E-state index contributed by atoms with van der Waals surface area (Å²) < 4.78 is 59.1. The Labute approximate surface area is 206 Å². The van der Waals surface area contributed by atoms with Crippen LogP contribution in [0.2, 0.25) is 5.02 Å². The number of alkyl halides is 2. The van der Waals surface area contributed by atoms with E-state index in [1.54, 1.807) is 6.92 Å². The fourth-order valence-corrected chi connectivity index (χ4v) is 3.13. The number of halogens is 5. The minimum absolute atomic E-state index is 0.00665. The topological polar surface area (TPSA) is 115 Å². The molecule has 3 aromatic rings. The minimum atomic E-state index is -2.87. The van der Waals surface area contributed by atoms with Crippen molar-refractivity contribution in [1.82, 2.24) is 25.7 Å². The molecule has 0 fully saturated rings. The fourth-order valence-electron chi connectivity index (χ4n) is 2.93. The highest BCUT2D eigenvalue weighted by molar-refractivity contribution is 6.31. The van der Waals surface area contributed by atoms with E-state index >= 15 is 0 Å². The quantitative estimate of drug-likeness (QED) is 0.342. The minimum Gasteiger partial charge on any atom is -0.484 e. The zero-order valence-electron chi connectivity index (χ0n) is 18.7. The number of nitrogens with one attached hydrogen (secondary N) is 2. The van der Waals surface area contributed by atoms with Crippen molar-refractivity contribution in [2.75, 3.05) is 6.61 Å². The Morgan fingerprint density at radius 2 is 1.75 bits per heavy atom. The summed E-state index contributed by atoms with van der Waals surface area (Å²) in [6, 6.07) is 1.05. The van der Waals surface area contributed by atoms with Crippen molar-refractivity contribution in [3.05, 3.63) is 70.5 Å². The maximum atomic E-state index is 14.8. The molecule has 14 heteroatoms. The second kappa shape index (κ2) is 11.6. The number of carbonyl (C=O) groups is 2. The van der Waals surface area contributed by atoms with Gasteiger partial charge in [0.05, 0.1) is 17.3 Å². The van der Waals surface area contributed by atoms with Gasteiger partial charge in [0, 0.05) is 34.7 Å². The van der Waals surface area contributed by atoms with Crippen LogP contribution < -0.4 is 15.5 Å². The van der Waals surface area contributed by atoms with Crippen molar-refractivity contribution in [3.63, 3.8) is 0 Å². The van der Waals surface area contributed by atoms with Crippen molar-refractivity contribution in [3.8, 4) is 16.9 Å². The number of aryl methyl sites for hydroxylation is 1. The van der Waals surface area contributed by atoms with Crippen LogP contribution in [0.5, 0.6) is 5.75 Å². The summed E-state index contributed by atoms with van der Waals surface area (Å²) in [5.74, 6) is -2.95. The van der Waals surface area contributed by atoms with E-state index in [9.17, 15) is 27.2 Å². The van der Waals surface area contributed by atoms with Crippen LogP contribution in [0.25, 0.3) is 11.1 Å². The molecule has 2 N–H and O–H groups in total. The van der Waals surface area contributed by atoms with Gasteiger partial charge in [-0.2, -0.15) is 5.48 Å². The van der Waals surface area contributed by atoms with E-state index in [0.29, 0.717) is 5.82 Å². The van der Waals surface area contributed by atoms with Gasteiger partial charge in [-0.15, -0.1) is 0 Å². The average molecular weight is 528 g/mol. The van der Waals surface area contributed by atoms with E-state index in [-0.39, 0.29) is 27.4 Å². The number of amides is 2. The lowest BCUT2D eigenvalue weighted by atomic mass is 10.0. The third-order valence-electron chi connectivity index (χ3n) is 4.55. The summed E-state index contributed by atoms with van der Waals surface area (Å²) in [6.07, 6.45) is 0.687. The molecule has 36 heavy (non-hydrogen) atoms. The molecule has 0 saturated heterocycles. The van der Waals surface area contributed by atoms with Gasteiger partial charge in [0.1, 0.15) is 18.2 Å². The van der Waals surface area contributed by atoms with Crippen LogP contribution in [0, 0.1) is 18.6 Å². The molecule has 1 atom stereocenters. The monoisotopic (exact) mass is 527 g/mol. The number of rotatable bonds is 7. The molecule has 0 radical (unpaired) electrons. The number of hydrogen-bond donors (Lipinski definition) is 2. The summed E-state index contributed by atoms with van der Waals surface area (Å²) >= 11 is 5.86. The molecule has 0 aliphatic heterocycles. The molecule has 1 aromatic carbocycles. The Kier molecular flexibility index (Phi) is 8.59. The first kappa shape index (κ1) is 26.6. The summed E-state index contributed by atoms with van der Waals surface area (Å²) in [4.78, 5) is 40.2. The van der Waals surface area contributed by atoms with Gasteiger partial charge in [-0.3, -0.25) is 4.98 Å². The number of nitrogens with zero attached hydrogens (tertiary/aromatic N) is 3. The number of hydrogen-bond acceptors (Lipinski definition) is 7. The number of aromatic nitrogens is 3. The van der Waals surface area contributed by atoms with E-state index in [1.807, 2.05) is 5.48 Å². The molecule has 3 rings (SSSR count). The van der Waals surface area contributed by atoms with E-state index < -0.39 is 48.5 Å². The third-order valence-corrected chi connectivity index (χ3v) is 4.77. The Morgan fingerprint density at radius 3 is 2.39 bits per heavy atom. The summed E-state index contributed by atoms with van der Waals surface area (Å²) in [6.45, 7) is 1.93. The molecule has 0 bridgehead atoms. The molecular weight excluding hydrogens is 510 g/mol. The molecule has 190 valence electrons. The molecule has 2 aromatic heterocycles. The summed E-state index contributed by atoms with van der Waals surface area (Å²) in [5.41, 5.74) is 1.53. The molecule has 0 aliphatic carbocycles. The van der Waals surface area contributed by atoms with Gasteiger partial charge in [0.25, 0.3) is 6.43 Å². The van der Waals surface area contributed by atoms with Gasteiger partial charge >= 0.3 is 12.0 Å². The predicted octanol–water partition coefficient (Wildman–Crippen LogP) is 4.55. The zero-order valence-corrected chi connectivity index (χ0v) is 19.4. The lowest BCUT2D eigenvalue weighted by Crippen LogP contribution is -2.38. The van der Waals surface area contributed by atoms with Gasteiger partial charge < -0.3 is 14.9 Å². The van der Waals surface area contributed by atoms with Crippen LogP contribution in [0.4, 0.5) is 22.4 Å².